The molecule has 0 spiro atoms. The molecule has 3 aromatic rings. The number of hydrogen-bond donors (Lipinski definition) is 0. The fourth-order valence-electron chi connectivity index (χ4n) is 6.86. The third-order valence-electron chi connectivity index (χ3n) is 9.61. The van der Waals surface area contributed by atoms with Gasteiger partial charge in [-0.25, -0.2) is 0 Å². The number of hydrogen-bond acceptors (Lipinski definition) is 12. The van der Waals surface area contributed by atoms with Crippen molar-refractivity contribution >= 4 is 17.9 Å². The first-order valence-electron chi connectivity index (χ1n) is 18.3. The fourth-order valence-corrected chi connectivity index (χ4v) is 6.86. The zero-order chi connectivity index (χ0) is 38.7. The molecule has 5 unspecified atom stereocenters. The van der Waals surface area contributed by atoms with Crippen LogP contribution in [0.1, 0.15) is 58.2 Å². The third kappa shape index (κ3) is 11.2. The number of ether oxygens (including phenoxy) is 9. The van der Waals surface area contributed by atoms with Gasteiger partial charge in [0, 0.05) is 32.6 Å². The molecule has 2 fully saturated rings. The van der Waals surface area contributed by atoms with Crippen LogP contribution in [0.5, 0.6) is 0 Å². The molecule has 292 valence electrons. The summed E-state index contributed by atoms with van der Waals surface area (Å²) in [6, 6.07) is 29.5. The zero-order valence-corrected chi connectivity index (χ0v) is 31.8. The van der Waals surface area contributed by atoms with E-state index in [9.17, 15) is 14.4 Å². The molecule has 2 saturated heterocycles. The highest BCUT2D eigenvalue weighted by Crippen LogP contribution is 2.42. The molecule has 0 radical (unpaired) electrons. The minimum atomic E-state index is -1.54. The molecular formula is C42H52O12. The molecule has 0 bridgehead atoms. The highest BCUT2D eigenvalue weighted by Gasteiger charge is 2.57. The first-order valence-corrected chi connectivity index (χ1v) is 18.3. The molecule has 0 aliphatic carbocycles. The van der Waals surface area contributed by atoms with Gasteiger partial charge in [-0.05, 0) is 23.6 Å². The number of carbonyl (C=O) groups is 3. The van der Waals surface area contributed by atoms with Gasteiger partial charge in [0.05, 0.1) is 38.6 Å². The largest absolute Gasteiger partial charge is 0.463 e. The lowest BCUT2D eigenvalue weighted by Gasteiger charge is -2.53. The number of benzene rings is 3. The van der Waals surface area contributed by atoms with E-state index in [1.807, 2.05) is 97.9 Å². The molecular weight excluding hydrogens is 696 g/mol. The Bertz CT molecular complexity index is 1620. The summed E-state index contributed by atoms with van der Waals surface area (Å²) < 4.78 is 56.6. The van der Waals surface area contributed by atoms with Gasteiger partial charge in [-0.3, -0.25) is 14.4 Å². The zero-order valence-electron chi connectivity index (χ0n) is 31.8. The minimum Gasteiger partial charge on any atom is -0.463 e. The molecule has 12 nitrogen and oxygen atoms in total. The molecule has 0 amide bonds. The van der Waals surface area contributed by atoms with Gasteiger partial charge in [0.1, 0.15) is 24.9 Å². The molecule has 10 atom stereocenters. The Morgan fingerprint density at radius 2 is 1.13 bits per heavy atom. The van der Waals surface area contributed by atoms with Crippen LogP contribution in [-0.4, -0.2) is 79.8 Å². The Hall–Kier alpha value is -4.17. The lowest BCUT2D eigenvalue weighted by molar-refractivity contribution is -0.416. The van der Waals surface area contributed by atoms with Crippen LogP contribution in [0.4, 0.5) is 0 Å². The van der Waals surface area contributed by atoms with Crippen molar-refractivity contribution in [2.75, 3.05) is 13.2 Å². The van der Waals surface area contributed by atoms with Crippen LogP contribution in [0.3, 0.4) is 0 Å². The highest BCUT2D eigenvalue weighted by atomic mass is 16.8. The minimum absolute atomic E-state index is 0.215. The molecule has 2 heterocycles. The van der Waals surface area contributed by atoms with Crippen LogP contribution in [0.2, 0.25) is 0 Å². The lowest BCUT2D eigenvalue weighted by Crippen LogP contribution is -2.66. The van der Waals surface area contributed by atoms with Crippen LogP contribution in [-0.2, 0) is 76.8 Å². The maximum absolute atomic E-state index is 12.4. The van der Waals surface area contributed by atoms with E-state index in [0.29, 0.717) is 13.2 Å². The smallest absolute Gasteiger partial charge is 0.303 e. The molecule has 54 heavy (non-hydrogen) atoms. The second-order valence-electron chi connectivity index (χ2n) is 14.0. The maximum atomic E-state index is 12.4. The Balaban J connectivity index is 1.49. The van der Waals surface area contributed by atoms with Crippen molar-refractivity contribution in [2.45, 2.75) is 110 Å². The Morgan fingerprint density at radius 3 is 1.67 bits per heavy atom. The van der Waals surface area contributed by atoms with Crippen LogP contribution < -0.4 is 0 Å². The van der Waals surface area contributed by atoms with E-state index in [-0.39, 0.29) is 25.7 Å². The lowest BCUT2D eigenvalue weighted by atomic mass is 9.86. The maximum Gasteiger partial charge on any atom is 0.303 e. The predicted octanol–water partition coefficient (Wildman–Crippen LogP) is 5.93. The average Bonchev–Trinajstić information content (AvgIpc) is 3.15. The van der Waals surface area contributed by atoms with Gasteiger partial charge < -0.3 is 42.6 Å². The van der Waals surface area contributed by atoms with Crippen LogP contribution in [0.15, 0.2) is 91.0 Å². The first kappa shape index (κ1) is 41.0. The van der Waals surface area contributed by atoms with Gasteiger partial charge in [-0.1, -0.05) is 105 Å². The topological polar surface area (TPSA) is 134 Å². The van der Waals surface area contributed by atoms with Gasteiger partial charge in [-0.2, -0.15) is 0 Å². The number of esters is 3. The molecule has 3 aromatic carbocycles. The molecule has 0 saturated carbocycles. The van der Waals surface area contributed by atoms with E-state index in [4.69, 9.17) is 42.6 Å². The molecule has 2 aliphatic rings. The third-order valence-corrected chi connectivity index (χ3v) is 9.61. The standard InChI is InChI=1S/C42H52O12/c1-27-35(25-46-22-32-16-10-7-11-17-32)53-42(6,40(49-24-34-20-14-9-15-21-34)38(27)48-23-33-18-12-8-13-19-33)54-41-28(2)37(50-30(4)44)39(51-31(5)45)36(52-41)26-47-29(3)43/h7-21,27-28,35-41H,22-26H2,1-6H3/t27-,28?,35?,36?,37?,38-,39+,40?,41+,42+/m0/s1. The van der Waals surface area contributed by atoms with E-state index in [0.717, 1.165) is 16.7 Å². The Kier molecular flexibility index (Phi) is 14.8. The van der Waals surface area contributed by atoms with Gasteiger partial charge >= 0.3 is 17.9 Å². The van der Waals surface area contributed by atoms with E-state index >= 15 is 0 Å². The quantitative estimate of drug-likeness (QED) is 0.127. The SMILES string of the molecule is CC(=O)OCC1O[C@H](O[C@@]2(C)OC(COCc3ccccc3)[C@H](C)[C@H](OCc3ccccc3)C2OCc2ccccc2)C(C)C(OC(C)=O)[C@@H]1OC(C)=O. The Morgan fingerprint density at radius 1 is 0.611 bits per heavy atom. The normalized spacial score (nSPS) is 29.6. The summed E-state index contributed by atoms with van der Waals surface area (Å²) in [5, 5.41) is 0. The molecule has 0 aromatic heterocycles. The van der Waals surface area contributed by atoms with Crippen molar-refractivity contribution in [1.82, 2.24) is 0 Å². The van der Waals surface area contributed by atoms with Crippen molar-refractivity contribution in [3.63, 3.8) is 0 Å². The number of rotatable bonds is 16. The van der Waals surface area contributed by atoms with Crippen molar-refractivity contribution in [3.8, 4) is 0 Å². The van der Waals surface area contributed by atoms with E-state index in [1.165, 1.54) is 20.8 Å². The van der Waals surface area contributed by atoms with Crippen molar-refractivity contribution in [2.24, 2.45) is 11.8 Å². The van der Waals surface area contributed by atoms with Gasteiger partial charge in [0.15, 0.2) is 18.2 Å². The average molecular weight is 749 g/mol. The highest BCUT2D eigenvalue weighted by molar-refractivity contribution is 5.67. The van der Waals surface area contributed by atoms with Gasteiger partial charge in [0.2, 0.25) is 0 Å². The molecule has 0 N–H and O–H groups in total. The monoisotopic (exact) mass is 748 g/mol. The fraction of sp³-hybridized carbons (Fsp3) is 0.500. The predicted molar refractivity (Wildman–Crippen MR) is 195 cm³/mol. The van der Waals surface area contributed by atoms with Crippen LogP contribution >= 0.6 is 0 Å². The molecule has 2 aliphatic heterocycles. The van der Waals surface area contributed by atoms with Crippen molar-refractivity contribution < 1.29 is 57.0 Å². The second kappa shape index (κ2) is 19.4. The van der Waals surface area contributed by atoms with Crippen molar-refractivity contribution in [1.29, 1.82) is 0 Å². The van der Waals surface area contributed by atoms with Gasteiger partial charge in [-0.15, -0.1) is 0 Å². The summed E-state index contributed by atoms with van der Waals surface area (Å²) in [5.74, 6) is -4.25. The van der Waals surface area contributed by atoms with E-state index < -0.39 is 72.5 Å². The molecule has 12 heteroatoms. The number of carbonyl (C=O) groups excluding carboxylic acids is 3. The summed E-state index contributed by atoms with van der Waals surface area (Å²) in [6.07, 6.45) is -6.18. The first-order chi connectivity index (χ1) is 25.9. The van der Waals surface area contributed by atoms with Crippen molar-refractivity contribution in [3.05, 3.63) is 108 Å². The summed E-state index contributed by atoms with van der Waals surface area (Å²) in [5.41, 5.74) is 2.93. The van der Waals surface area contributed by atoms with E-state index in [1.54, 1.807) is 13.8 Å². The summed E-state index contributed by atoms with van der Waals surface area (Å²) >= 11 is 0. The van der Waals surface area contributed by atoms with Gasteiger partial charge in [0.25, 0.3) is 0 Å². The Labute approximate surface area is 317 Å². The van der Waals surface area contributed by atoms with Crippen LogP contribution in [0, 0.1) is 11.8 Å². The second-order valence-corrected chi connectivity index (χ2v) is 14.0. The summed E-state index contributed by atoms with van der Waals surface area (Å²) in [6.45, 7) is 10.1. The summed E-state index contributed by atoms with van der Waals surface area (Å²) in [4.78, 5) is 36.5. The van der Waals surface area contributed by atoms with Crippen LogP contribution in [0.25, 0.3) is 0 Å². The summed E-state index contributed by atoms with van der Waals surface area (Å²) in [7, 11) is 0. The van der Waals surface area contributed by atoms with E-state index in [2.05, 4.69) is 0 Å². The molecule has 5 rings (SSSR count).